The minimum absolute atomic E-state index is 0.0450. The first-order valence-corrected chi connectivity index (χ1v) is 10.6. The smallest absolute Gasteiger partial charge is 0.261 e. The molecule has 7 nitrogen and oxygen atoms in total. The second-order valence-corrected chi connectivity index (χ2v) is 7.73. The predicted molar refractivity (Wildman–Crippen MR) is 113 cm³/mol. The van der Waals surface area contributed by atoms with Crippen LogP contribution in [0.5, 0.6) is 0 Å². The van der Waals surface area contributed by atoms with Crippen LogP contribution in [0.25, 0.3) is 10.8 Å². The van der Waals surface area contributed by atoms with Gasteiger partial charge in [-0.1, -0.05) is 24.3 Å². The van der Waals surface area contributed by atoms with E-state index in [0.29, 0.717) is 30.5 Å². The van der Waals surface area contributed by atoms with Crippen LogP contribution in [0, 0.1) is 0 Å². The number of nitrogens with one attached hydrogen (secondary N) is 1. The van der Waals surface area contributed by atoms with E-state index in [1.54, 1.807) is 12.1 Å². The van der Waals surface area contributed by atoms with Gasteiger partial charge in [-0.2, -0.15) is 0 Å². The lowest BCUT2D eigenvalue weighted by Gasteiger charge is -2.27. The van der Waals surface area contributed by atoms with Crippen molar-refractivity contribution in [2.24, 2.45) is 0 Å². The second kappa shape index (κ2) is 9.36. The summed E-state index contributed by atoms with van der Waals surface area (Å²) in [6.07, 6.45) is 1.64. The summed E-state index contributed by atoms with van der Waals surface area (Å²) in [6, 6.07) is 11.0. The number of carbonyl (C=O) groups is 3. The van der Waals surface area contributed by atoms with Crippen molar-refractivity contribution in [1.82, 2.24) is 15.1 Å². The SMILES string of the molecule is O=C(CCCN1C(=O)c2cccc3cccc(c23)C1=O)NCCCN1CCOCC1. The quantitative estimate of drug-likeness (QED) is 0.533. The van der Waals surface area contributed by atoms with Crippen LogP contribution in [0.3, 0.4) is 0 Å². The molecular formula is C23H27N3O4. The number of carbonyl (C=O) groups excluding carboxylic acids is 3. The number of benzene rings is 2. The molecule has 0 unspecified atom stereocenters. The Kier molecular flexibility index (Phi) is 6.40. The van der Waals surface area contributed by atoms with E-state index >= 15 is 0 Å². The summed E-state index contributed by atoms with van der Waals surface area (Å²) in [5.74, 6) is -0.609. The van der Waals surface area contributed by atoms with Gasteiger partial charge in [-0.05, 0) is 36.9 Å². The molecule has 2 aliphatic heterocycles. The molecule has 0 aromatic heterocycles. The highest BCUT2D eigenvalue weighted by Gasteiger charge is 2.32. The number of ether oxygens (including phenoxy) is 1. The summed E-state index contributed by atoms with van der Waals surface area (Å²) >= 11 is 0. The van der Waals surface area contributed by atoms with E-state index in [2.05, 4.69) is 10.2 Å². The van der Waals surface area contributed by atoms with Gasteiger partial charge in [0.15, 0.2) is 0 Å². The van der Waals surface area contributed by atoms with Crippen molar-refractivity contribution in [2.75, 3.05) is 45.9 Å². The maximum Gasteiger partial charge on any atom is 0.261 e. The normalized spacial score (nSPS) is 16.9. The van der Waals surface area contributed by atoms with Crippen LogP contribution in [0.15, 0.2) is 36.4 Å². The molecule has 2 aromatic carbocycles. The van der Waals surface area contributed by atoms with Gasteiger partial charge in [-0.15, -0.1) is 0 Å². The fraction of sp³-hybridized carbons (Fsp3) is 0.435. The summed E-state index contributed by atoms with van der Waals surface area (Å²) in [7, 11) is 0. The first kappa shape index (κ1) is 20.5. The van der Waals surface area contributed by atoms with E-state index in [4.69, 9.17) is 4.74 Å². The monoisotopic (exact) mass is 409 g/mol. The summed E-state index contributed by atoms with van der Waals surface area (Å²) in [5, 5.41) is 4.55. The fourth-order valence-corrected chi connectivity index (χ4v) is 4.12. The standard InChI is InChI=1S/C23H27N3O4/c27-20(24-10-4-11-25-13-15-30-16-14-25)9-3-12-26-22(28)18-7-1-5-17-6-2-8-19(21(17)18)23(26)29/h1-2,5-8H,3-4,9-16H2,(H,24,27). The van der Waals surface area contributed by atoms with Gasteiger partial charge in [0.2, 0.25) is 5.91 Å². The maximum atomic E-state index is 12.8. The lowest BCUT2D eigenvalue weighted by Crippen LogP contribution is -2.41. The Morgan fingerprint density at radius 3 is 2.27 bits per heavy atom. The highest BCUT2D eigenvalue weighted by Crippen LogP contribution is 2.29. The molecule has 1 saturated heterocycles. The maximum absolute atomic E-state index is 12.8. The molecule has 1 fully saturated rings. The van der Waals surface area contributed by atoms with E-state index in [1.807, 2.05) is 24.3 Å². The van der Waals surface area contributed by atoms with E-state index in [-0.39, 0.29) is 24.3 Å². The van der Waals surface area contributed by atoms with Crippen molar-refractivity contribution in [2.45, 2.75) is 19.3 Å². The lowest BCUT2D eigenvalue weighted by molar-refractivity contribution is -0.121. The molecule has 0 bridgehead atoms. The molecule has 1 N–H and O–H groups in total. The highest BCUT2D eigenvalue weighted by atomic mass is 16.5. The number of hydrogen-bond donors (Lipinski definition) is 1. The van der Waals surface area contributed by atoms with Gasteiger partial charge in [0.1, 0.15) is 0 Å². The van der Waals surface area contributed by atoms with Crippen molar-refractivity contribution in [3.63, 3.8) is 0 Å². The Morgan fingerprint density at radius 1 is 0.933 bits per heavy atom. The predicted octanol–water partition coefficient (Wildman–Crippen LogP) is 2.05. The molecule has 0 aliphatic carbocycles. The molecule has 0 saturated carbocycles. The minimum Gasteiger partial charge on any atom is -0.379 e. The third kappa shape index (κ3) is 4.37. The summed E-state index contributed by atoms with van der Waals surface area (Å²) < 4.78 is 5.33. The van der Waals surface area contributed by atoms with Gasteiger partial charge in [0.05, 0.1) is 13.2 Å². The van der Waals surface area contributed by atoms with Crippen LogP contribution in [0.1, 0.15) is 40.0 Å². The zero-order chi connectivity index (χ0) is 20.9. The highest BCUT2D eigenvalue weighted by molar-refractivity contribution is 6.25. The molecule has 4 rings (SSSR count). The van der Waals surface area contributed by atoms with E-state index in [9.17, 15) is 14.4 Å². The Morgan fingerprint density at radius 2 is 1.60 bits per heavy atom. The van der Waals surface area contributed by atoms with Crippen molar-refractivity contribution in [3.05, 3.63) is 47.5 Å². The van der Waals surface area contributed by atoms with Crippen molar-refractivity contribution in [1.29, 1.82) is 0 Å². The molecule has 158 valence electrons. The van der Waals surface area contributed by atoms with E-state index in [0.717, 1.165) is 50.0 Å². The van der Waals surface area contributed by atoms with Gasteiger partial charge in [-0.25, -0.2) is 0 Å². The van der Waals surface area contributed by atoms with Crippen molar-refractivity contribution >= 4 is 28.5 Å². The molecule has 30 heavy (non-hydrogen) atoms. The van der Waals surface area contributed by atoms with Gasteiger partial charge >= 0.3 is 0 Å². The van der Waals surface area contributed by atoms with E-state index < -0.39 is 0 Å². The number of morpholine rings is 1. The van der Waals surface area contributed by atoms with Crippen molar-refractivity contribution in [3.8, 4) is 0 Å². The molecule has 3 amide bonds. The van der Waals surface area contributed by atoms with Gasteiger partial charge in [0.25, 0.3) is 11.8 Å². The minimum atomic E-state index is -0.282. The topological polar surface area (TPSA) is 79.0 Å². The molecule has 7 heteroatoms. The molecule has 0 radical (unpaired) electrons. The Hall–Kier alpha value is -2.77. The Labute approximate surface area is 176 Å². The number of imide groups is 1. The summed E-state index contributed by atoms with van der Waals surface area (Å²) in [5.41, 5.74) is 1.10. The Balaban J connectivity index is 1.24. The van der Waals surface area contributed by atoms with Crippen LogP contribution in [0.2, 0.25) is 0 Å². The summed E-state index contributed by atoms with van der Waals surface area (Å²) in [6.45, 7) is 5.27. The molecule has 2 heterocycles. The number of hydrogen-bond acceptors (Lipinski definition) is 5. The van der Waals surface area contributed by atoms with Crippen molar-refractivity contribution < 1.29 is 19.1 Å². The average Bonchev–Trinajstić information content (AvgIpc) is 2.78. The molecular weight excluding hydrogens is 382 g/mol. The number of nitrogens with zero attached hydrogens (tertiary/aromatic N) is 2. The zero-order valence-electron chi connectivity index (χ0n) is 17.1. The second-order valence-electron chi connectivity index (χ2n) is 7.73. The van der Waals surface area contributed by atoms with E-state index in [1.165, 1.54) is 4.90 Å². The van der Waals surface area contributed by atoms with Gasteiger partial charge in [-0.3, -0.25) is 24.2 Å². The largest absolute Gasteiger partial charge is 0.379 e. The third-order valence-electron chi connectivity index (χ3n) is 5.72. The zero-order valence-corrected chi connectivity index (χ0v) is 17.1. The molecule has 2 aromatic rings. The average molecular weight is 409 g/mol. The van der Waals surface area contributed by atoms with Crippen LogP contribution in [-0.4, -0.2) is 73.5 Å². The fourth-order valence-electron chi connectivity index (χ4n) is 4.12. The number of rotatable bonds is 8. The van der Waals surface area contributed by atoms with Crippen LogP contribution >= 0.6 is 0 Å². The first-order chi connectivity index (χ1) is 14.6. The summed E-state index contributed by atoms with van der Waals surface area (Å²) in [4.78, 5) is 41.4. The first-order valence-electron chi connectivity index (χ1n) is 10.6. The number of amides is 3. The van der Waals surface area contributed by atoms with Crippen LogP contribution < -0.4 is 5.32 Å². The molecule has 0 atom stereocenters. The Bertz CT molecular complexity index is 902. The molecule has 2 aliphatic rings. The van der Waals surface area contributed by atoms with Gasteiger partial charge in [0, 0.05) is 49.1 Å². The van der Waals surface area contributed by atoms with Crippen LogP contribution in [0.4, 0.5) is 0 Å². The third-order valence-corrected chi connectivity index (χ3v) is 5.72. The van der Waals surface area contributed by atoms with Crippen LogP contribution in [-0.2, 0) is 9.53 Å². The van der Waals surface area contributed by atoms with Gasteiger partial charge < -0.3 is 10.1 Å². The lowest BCUT2D eigenvalue weighted by atomic mass is 9.94. The molecule has 0 spiro atoms.